The molecule has 78 valence electrons. The second-order valence-corrected chi connectivity index (χ2v) is 4.44. The van der Waals surface area contributed by atoms with Gasteiger partial charge in [-0.05, 0) is 32.1 Å². The first-order chi connectivity index (χ1) is 6.77. The number of carbonyl (C=O) groups excluding carboxylic acids is 1. The molecular weight excluding hydrogens is 176 g/mol. The summed E-state index contributed by atoms with van der Waals surface area (Å²) in [5.41, 5.74) is 5.41. The Morgan fingerprint density at radius 1 is 1.50 bits per heavy atom. The monoisotopic (exact) mass is 194 g/mol. The van der Waals surface area contributed by atoms with Crippen LogP contribution in [-0.4, -0.2) is 18.5 Å². The van der Waals surface area contributed by atoms with Crippen molar-refractivity contribution in [3.05, 3.63) is 12.2 Å². The van der Waals surface area contributed by atoms with Gasteiger partial charge in [-0.15, -0.1) is 0 Å². The fourth-order valence-electron chi connectivity index (χ4n) is 1.94. The molecule has 14 heavy (non-hydrogen) atoms. The van der Waals surface area contributed by atoms with Crippen molar-refractivity contribution in [3.63, 3.8) is 0 Å². The zero-order chi connectivity index (χ0) is 10.0. The van der Waals surface area contributed by atoms with Gasteiger partial charge in [-0.2, -0.15) is 0 Å². The molecule has 0 aliphatic heterocycles. The topological polar surface area (TPSA) is 55.1 Å². The fraction of sp³-hybridized carbons (Fsp3) is 0.727. The average molecular weight is 194 g/mol. The first-order valence-corrected chi connectivity index (χ1v) is 5.43. The molecule has 0 aromatic rings. The van der Waals surface area contributed by atoms with Gasteiger partial charge >= 0.3 is 0 Å². The molecule has 0 saturated heterocycles. The highest BCUT2D eigenvalue weighted by Crippen LogP contribution is 2.44. The SMILES string of the molecule is NCC1(C(=O)NC2CC=CCC2)CC1. The number of amides is 1. The van der Waals surface area contributed by atoms with Crippen molar-refractivity contribution >= 4 is 5.91 Å². The Kier molecular flexibility index (Phi) is 2.59. The van der Waals surface area contributed by atoms with Crippen molar-refractivity contribution in [1.82, 2.24) is 5.32 Å². The van der Waals surface area contributed by atoms with Crippen LogP contribution in [0.2, 0.25) is 0 Å². The van der Waals surface area contributed by atoms with Crippen LogP contribution in [0.3, 0.4) is 0 Å². The van der Waals surface area contributed by atoms with Crippen molar-refractivity contribution in [3.8, 4) is 0 Å². The maximum Gasteiger partial charge on any atom is 0.227 e. The van der Waals surface area contributed by atoms with E-state index in [1.165, 1.54) is 0 Å². The van der Waals surface area contributed by atoms with E-state index in [1.54, 1.807) is 0 Å². The van der Waals surface area contributed by atoms with Gasteiger partial charge in [0.2, 0.25) is 5.91 Å². The van der Waals surface area contributed by atoms with Crippen LogP contribution in [0.1, 0.15) is 32.1 Å². The van der Waals surface area contributed by atoms with Gasteiger partial charge in [0.15, 0.2) is 0 Å². The van der Waals surface area contributed by atoms with E-state index in [-0.39, 0.29) is 11.3 Å². The van der Waals surface area contributed by atoms with Crippen molar-refractivity contribution in [1.29, 1.82) is 0 Å². The van der Waals surface area contributed by atoms with E-state index in [1.807, 2.05) is 0 Å². The third-order valence-corrected chi connectivity index (χ3v) is 3.33. The summed E-state index contributed by atoms with van der Waals surface area (Å²) in [4.78, 5) is 11.8. The van der Waals surface area contributed by atoms with Gasteiger partial charge in [0, 0.05) is 12.6 Å². The Morgan fingerprint density at radius 2 is 2.29 bits per heavy atom. The molecule has 2 aliphatic carbocycles. The van der Waals surface area contributed by atoms with Crippen molar-refractivity contribution < 1.29 is 4.79 Å². The lowest BCUT2D eigenvalue weighted by Gasteiger charge is -2.22. The second kappa shape index (κ2) is 3.73. The molecule has 0 aromatic carbocycles. The molecule has 2 aliphatic rings. The summed E-state index contributed by atoms with van der Waals surface area (Å²) in [6.07, 6.45) is 9.40. The predicted octanol–water partition coefficient (Wildman–Crippen LogP) is 0.950. The Morgan fingerprint density at radius 3 is 2.79 bits per heavy atom. The standard InChI is InChI=1S/C11H18N2O/c12-8-11(6-7-11)10(14)13-9-4-2-1-3-5-9/h1-2,9H,3-8,12H2,(H,13,14). The Bertz CT molecular complexity index is 256. The van der Waals surface area contributed by atoms with E-state index < -0.39 is 0 Å². The van der Waals surface area contributed by atoms with E-state index in [2.05, 4.69) is 17.5 Å². The minimum absolute atomic E-state index is 0.181. The van der Waals surface area contributed by atoms with E-state index in [4.69, 9.17) is 5.73 Å². The zero-order valence-electron chi connectivity index (χ0n) is 8.46. The Hall–Kier alpha value is -0.830. The lowest BCUT2D eigenvalue weighted by Crippen LogP contribution is -2.42. The van der Waals surface area contributed by atoms with Crippen LogP contribution in [0.5, 0.6) is 0 Å². The first kappa shape index (κ1) is 9.71. The van der Waals surface area contributed by atoms with Gasteiger partial charge in [-0.1, -0.05) is 12.2 Å². The number of allylic oxidation sites excluding steroid dienone is 1. The molecule has 0 heterocycles. The average Bonchev–Trinajstić information content (AvgIpc) is 3.00. The highest BCUT2D eigenvalue weighted by Gasteiger charge is 2.48. The summed E-state index contributed by atoms with van der Waals surface area (Å²) in [5.74, 6) is 0.181. The number of nitrogens with two attached hydrogens (primary N) is 1. The molecule has 2 rings (SSSR count). The smallest absolute Gasteiger partial charge is 0.227 e. The number of nitrogens with one attached hydrogen (secondary N) is 1. The molecule has 1 atom stereocenters. The molecule has 1 unspecified atom stereocenters. The van der Waals surface area contributed by atoms with Crippen LogP contribution in [0.25, 0.3) is 0 Å². The lowest BCUT2D eigenvalue weighted by molar-refractivity contribution is -0.126. The van der Waals surface area contributed by atoms with Crippen LogP contribution < -0.4 is 11.1 Å². The van der Waals surface area contributed by atoms with E-state index in [0.717, 1.165) is 32.1 Å². The number of rotatable bonds is 3. The summed E-state index contributed by atoms with van der Waals surface area (Å²) < 4.78 is 0. The minimum Gasteiger partial charge on any atom is -0.353 e. The number of carbonyl (C=O) groups is 1. The van der Waals surface area contributed by atoms with Crippen molar-refractivity contribution in [2.75, 3.05) is 6.54 Å². The third kappa shape index (κ3) is 1.82. The molecule has 0 bridgehead atoms. The quantitative estimate of drug-likeness (QED) is 0.657. The van der Waals surface area contributed by atoms with Gasteiger partial charge < -0.3 is 11.1 Å². The van der Waals surface area contributed by atoms with E-state index in [9.17, 15) is 4.79 Å². The third-order valence-electron chi connectivity index (χ3n) is 3.33. The van der Waals surface area contributed by atoms with Gasteiger partial charge in [0.1, 0.15) is 0 Å². The molecule has 0 spiro atoms. The van der Waals surface area contributed by atoms with Crippen LogP contribution >= 0.6 is 0 Å². The normalized spacial score (nSPS) is 28.5. The maximum absolute atomic E-state index is 11.8. The molecule has 3 heteroatoms. The maximum atomic E-state index is 11.8. The number of hydrogen-bond acceptors (Lipinski definition) is 2. The lowest BCUT2D eigenvalue weighted by atomic mass is 10.00. The molecule has 0 aromatic heterocycles. The predicted molar refractivity (Wildman–Crippen MR) is 55.6 cm³/mol. The van der Waals surface area contributed by atoms with Gasteiger partial charge in [0.05, 0.1) is 5.41 Å². The molecule has 3 N–H and O–H groups in total. The molecule has 1 amide bonds. The molecule has 0 radical (unpaired) electrons. The largest absolute Gasteiger partial charge is 0.353 e. The molecular formula is C11H18N2O. The van der Waals surface area contributed by atoms with Crippen LogP contribution in [0, 0.1) is 5.41 Å². The van der Waals surface area contributed by atoms with E-state index in [0.29, 0.717) is 12.6 Å². The van der Waals surface area contributed by atoms with Gasteiger partial charge in [0.25, 0.3) is 0 Å². The summed E-state index contributed by atoms with van der Waals surface area (Å²) in [5, 5.41) is 3.10. The summed E-state index contributed by atoms with van der Waals surface area (Å²) in [6.45, 7) is 0.501. The van der Waals surface area contributed by atoms with Crippen molar-refractivity contribution in [2.45, 2.75) is 38.1 Å². The highest BCUT2D eigenvalue weighted by atomic mass is 16.2. The summed E-state index contributed by atoms with van der Waals surface area (Å²) in [6, 6.07) is 0.344. The first-order valence-electron chi connectivity index (χ1n) is 5.43. The number of hydrogen-bond donors (Lipinski definition) is 2. The minimum atomic E-state index is -0.193. The van der Waals surface area contributed by atoms with Crippen LogP contribution in [0.4, 0.5) is 0 Å². The van der Waals surface area contributed by atoms with Crippen LogP contribution in [-0.2, 0) is 4.79 Å². The van der Waals surface area contributed by atoms with Crippen LogP contribution in [0.15, 0.2) is 12.2 Å². The van der Waals surface area contributed by atoms with Crippen molar-refractivity contribution in [2.24, 2.45) is 11.1 Å². The summed E-state index contributed by atoms with van der Waals surface area (Å²) in [7, 11) is 0. The zero-order valence-corrected chi connectivity index (χ0v) is 8.46. The van der Waals surface area contributed by atoms with E-state index >= 15 is 0 Å². The van der Waals surface area contributed by atoms with Gasteiger partial charge in [-0.3, -0.25) is 4.79 Å². The fourth-order valence-corrected chi connectivity index (χ4v) is 1.94. The summed E-state index contributed by atoms with van der Waals surface area (Å²) >= 11 is 0. The second-order valence-electron chi connectivity index (χ2n) is 4.44. The Balaban J connectivity index is 1.85. The molecule has 3 nitrogen and oxygen atoms in total. The molecule has 1 saturated carbocycles. The molecule has 1 fully saturated rings. The van der Waals surface area contributed by atoms with Gasteiger partial charge in [-0.25, -0.2) is 0 Å². The highest BCUT2D eigenvalue weighted by molar-refractivity contribution is 5.85. The Labute approximate surface area is 84.7 Å².